The molecule has 1 aliphatic carbocycles. The van der Waals surface area contributed by atoms with Crippen LogP contribution in [-0.2, 0) is 6.54 Å². The number of β-amino-alcohol motifs (C(OH)–C–C–N with tert-alkyl or cyclic N) is 1. The molecule has 26 heavy (non-hydrogen) atoms. The Morgan fingerprint density at radius 3 is 2.85 bits per heavy atom. The summed E-state index contributed by atoms with van der Waals surface area (Å²) in [5, 5.41) is 17.6. The van der Waals surface area contributed by atoms with E-state index in [1.165, 1.54) is 0 Å². The van der Waals surface area contributed by atoms with Crippen LogP contribution in [0.2, 0.25) is 0 Å². The first kappa shape index (κ1) is 17.3. The lowest BCUT2D eigenvalue weighted by Crippen LogP contribution is -2.54. The topological polar surface area (TPSA) is 83.5 Å². The number of nitrogens with one attached hydrogen (secondary N) is 1. The van der Waals surface area contributed by atoms with Crippen LogP contribution in [0.15, 0.2) is 22.9 Å². The Morgan fingerprint density at radius 1 is 1.38 bits per heavy atom. The van der Waals surface area contributed by atoms with Crippen LogP contribution in [-0.4, -0.2) is 50.9 Å². The minimum absolute atomic E-state index is 0.0925. The summed E-state index contributed by atoms with van der Waals surface area (Å²) < 4.78 is 7.27. The molecule has 0 unspecified atom stereocenters. The number of likely N-dealkylation sites (tertiary alicyclic amines) is 1. The summed E-state index contributed by atoms with van der Waals surface area (Å²) in [5.74, 6) is 0.735. The third-order valence-electron chi connectivity index (χ3n) is 5.50. The van der Waals surface area contributed by atoms with Crippen LogP contribution in [0.1, 0.15) is 52.8 Å². The Morgan fingerprint density at radius 2 is 2.19 bits per heavy atom. The van der Waals surface area contributed by atoms with Gasteiger partial charge in [0.15, 0.2) is 0 Å². The average Bonchev–Trinajstić information content (AvgIpc) is 3.26. The zero-order valence-corrected chi connectivity index (χ0v) is 15.3. The second-order valence-corrected chi connectivity index (χ2v) is 7.51. The molecular weight excluding hydrogens is 332 g/mol. The Kier molecular flexibility index (Phi) is 4.58. The second kappa shape index (κ2) is 6.89. The van der Waals surface area contributed by atoms with Crippen LogP contribution in [0, 0.1) is 13.8 Å². The lowest BCUT2D eigenvalue weighted by atomic mass is 10.0. The van der Waals surface area contributed by atoms with Crippen molar-refractivity contribution in [2.24, 2.45) is 0 Å². The van der Waals surface area contributed by atoms with E-state index in [2.05, 4.69) is 15.4 Å². The summed E-state index contributed by atoms with van der Waals surface area (Å²) in [4.78, 5) is 14.8. The van der Waals surface area contributed by atoms with E-state index in [1.807, 2.05) is 36.7 Å². The molecular formula is C19H26N4O3. The van der Waals surface area contributed by atoms with Crippen molar-refractivity contribution in [2.45, 2.75) is 57.8 Å². The summed E-state index contributed by atoms with van der Waals surface area (Å²) in [6.45, 7) is 5.90. The maximum absolute atomic E-state index is 12.6. The van der Waals surface area contributed by atoms with Gasteiger partial charge in [-0.15, -0.1) is 0 Å². The van der Waals surface area contributed by atoms with Crippen LogP contribution in [0.5, 0.6) is 0 Å². The van der Waals surface area contributed by atoms with Crippen LogP contribution in [0.25, 0.3) is 0 Å². The van der Waals surface area contributed by atoms with Gasteiger partial charge in [-0.1, -0.05) is 5.16 Å². The molecule has 0 spiro atoms. The first-order valence-corrected chi connectivity index (χ1v) is 9.33. The van der Waals surface area contributed by atoms with Gasteiger partial charge in [-0.05, 0) is 45.2 Å². The minimum Gasteiger partial charge on any atom is -0.390 e. The fourth-order valence-electron chi connectivity index (χ4n) is 3.76. The zero-order chi connectivity index (χ0) is 18.3. The van der Waals surface area contributed by atoms with Crippen molar-refractivity contribution >= 4 is 5.91 Å². The summed E-state index contributed by atoms with van der Waals surface area (Å²) in [5.41, 5.74) is 2.67. The normalized spacial score (nSPS) is 24.0. The highest BCUT2D eigenvalue weighted by atomic mass is 16.5. The molecule has 2 N–H and O–H groups in total. The average molecular weight is 358 g/mol. The number of aliphatic hydroxyl groups is 1. The van der Waals surface area contributed by atoms with E-state index < -0.39 is 6.10 Å². The first-order chi connectivity index (χ1) is 12.5. The van der Waals surface area contributed by atoms with E-state index in [0.29, 0.717) is 24.8 Å². The predicted octanol–water partition coefficient (Wildman–Crippen LogP) is 1.79. The van der Waals surface area contributed by atoms with Gasteiger partial charge in [-0.2, -0.15) is 0 Å². The van der Waals surface area contributed by atoms with Gasteiger partial charge >= 0.3 is 0 Å². The fraction of sp³-hybridized carbons (Fsp3) is 0.579. The molecule has 2 aliphatic rings. The molecule has 7 nitrogen and oxygen atoms in total. The largest absolute Gasteiger partial charge is 0.390 e. The van der Waals surface area contributed by atoms with E-state index in [-0.39, 0.29) is 11.9 Å². The molecule has 140 valence electrons. The van der Waals surface area contributed by atoms with Crippen molar-refractivity contribution in [3.05, 3.63) is 41.0 Å². The molecule has 0 radical (unpaired) electrons. The molecule has 2 aromatic heterocycles. The van der Waals surface area contributed by atoms with Crippen LogP contribution >= 0.6 is 0 Å². The number of aryl methyl sites for hydroxylation is 2. The molecule has 0 bridgehead atoms. The summed E-state index contributed by atoms with van der Waals surface area (Å²) in [6, 6.07) is 4.02. The number of carbonyl (C=O) groups excluding carboxylic acids is 1. The van der Waals surface area contributed by atoms with Gasteiger partial charge in [-0.25, -0.2) is 0 Å². The van der Waals surface area contributed by atoms with Gasteiger partial charge in [0.05, 0.1) is 17.8 Å². The predicted molar refractivity (Wildman–Crippen MR) is 95.8 cm³/mol. The minimum atomic E-state index is -0.586. The summed E-state index contributed by atoms with van der Waals surface area (Å²) in [6.07, 6.45) is 4.38. The number of aliphatic hydroxyl groups excluding tert-OH is 1. The van der Waals surface area contributed by atoms with E-state index >= 15 is 0 Å². The number of hydrogen-bond acceptors (Lipinski definition) is 5. The van der Waals surface area contributed by atoms with Crippen LogP contribution in [0.3, 0.4) is 0 Å². The Bertz CT molecular complexity index is 773. The molecule has 2 fully saturated rings. The third kappa shape index (κ3) is 3.41. The van der Waals surface area contributed by atoms with Crippen molar-refractivity contribution < 1.29 is 14.4 Å². The first-order valence-electron chi connectivity index (χ1n) is 9.33. The number of rotatable bonds is 5. The third-order valence-corrected chi connectivity index (χ3v) is 5.50. The maximum atomic E-state index is 12.6. The number of amides is 1. The molecule has 4 rings (SSSR count). The van der Waals surface area contributed by atoms with Crippen molar-refractivity contribution in [3.63, 3.8) is 0 Å². The van der Waals surface area contributed by atoms with E-state index in [4.69, 9.17) is 4.52 Å². The Labute approximate surface area is 153 Å². The van der Waals surface area contributed by atoms with Gasteiger partial charge in [0.2, 0.25) is 0 Å². The van der Waals surface area contributed by atoms with Gasteiger partial charge in [0.1, 0.15) is 11.5 Å². The fourth-order valence-corrected chi connectivity index (χ4v) is 3.76. The molecule has 1 saturated carbocycles. The number of carbonyl (C=O) groups is 1. The van der Waals surface area contributed by atoms with Gasteiger partial charge in [-0.3, -0.25) is 9.69 Å². The monoisotopic (exact) mass is 358 g/mol. The standard InChI is InChI=1S/C19H26N4O3/c1-12-15(13(2)26-21-12)10-22-9-7-16(18(24)11-22)20-19(25)17-4-3-8-23(17)14-5-6-14/h3-4,8,14,16,18,24H,5-7,9-11H2,1-2H3,(H,20,25)/t16-,18-/m1/s1. The van der Waals surface area contributed by atoms with Gasteiger partial charge in [0, 0.05) is 37.4 Å². The van der Waals surface area contributed by atoms with Gasteiger partial charge in [0.25, 0.3) is 5.91 Å². The maximum Gasteiger partial charge on any atom is 0.268 e. The molecule has 2 aromatic rings. The number of piperidine rings is 1. The molecule has 3 heterocycles. The van der Waals surface area contributed by atoms with E-state index in [0.717, 1.165) is 42.8 Å². The SMILES string of the molecule is Cc1noc(C)c1CN1CC[C@@H](NC(=O)c2cccn2C2CC2)[C@H](O)C1. The summed E-state index contributed by atoms with van der Waals surface area (Å²) in [7, 11) is 0. The quantitative estimate of drug-likeness (QED) is 0.851. The second-order valence-electron chi connectivity index (χ2n) is 7.51. The molecule has 1 saturated heterocycles. The van der Waals surface area contributed by atoms with E-state index in [9.17, 15) is 9.90 Å². The molecule has 0 aromatic carbocycles. The van der Waals surface area contributed by atoms with Gasteiger partial charge < -0.3 is 19.5 Å². The Balaban J connectivity index is 1.35. The van der Waals surface area contributed by atoms with Crippen molar-refractivity contribution in [1.29, 1.82) is 0 Å². The highest BCUT2D eigenvalue weighted by Gasteiger charge is 2.32. The number of nitrogens with zero attached hydrogens (tertiary/aromatic N) is 3. The molecule has 1 aliphatic heterocycles. The van der Waals surface area contributed by atoms with Crippen molar-refractivity contribution in [2.75, 3.05) is 13.1 Å². The highest BCUT2D eigenvalue weighted by Crippen LogP contribution is 2.36. The molecule has 2 atom stereocenters. The number of aromatic nitrogens is 2. The lowest BCUT2D eigenvalue weighted by molar-refractivity contribution is 0.0345. The Hall–Kier alpha value is -2.12. The lowest BCUT2D eigenvalue weighted by Gasteiger charge is -2.36. The summed E-state index contributed by atoms with van der Waals surface area (Å²) >= 11 is 0. The smallest absolute Gasteiger partial charge is 0.268 e. The molecule has 1 amide bonds. The highest BCUT2D eigenvalue weighted by molar-refractivity contribution is 5.93. The van der Waals surface area contributed by atoms with Crippen molar-refractivity contribution in [1.82, 2.24) is 19.9 Å². The van der Waals surface area contributed by atoms with Crippen LogP contribution in [0.4, 0.5) is 0 Å². The zero-order valence-electron chi connectivity index (χ0n) is 15.3. The van der Waals surface area contributed by atoms with E-state index in [1.54, 1.807) is 0 Å². The number of hydrogen-bond donors (Lipinski definition) is 2. The van der Waals surface area contributed by atoms with Crippen LogP contribution < -0.4 is 5.32 Å². The van der Waals surface area contributed by atoms with Crippen molar-refractivity contribution in [3.8, 4) is 0 Å². The molecule has 7 heteroatoms.